The minimum absolute atomic E-state index is 0.00447. The molecule has 0 aliphatic carbocycles. The van der Waals surface area contributed by atoms with Crippen LogP contribution in [0.25, 0.3) is 32.1 Å². The van der Waals surface area contributed by atoms with Gasteiger partial charge in [0.15, 0.2) is 11.6 Å². The van der Waals surface area contributed by atoms with Crippen molar-refractivity contribution in [1.82, 2.24) is 19.8 Å². The molecule has 0 saturated carbocycles. The van der Waals surface area contributed by atoms with E-state index in [-0.39, 0.29) is 84.5 Å². The van der Waals surface area contributed by atoms with Crippen LogP contribution < -0.4 is 20.1 Å². The van der Waals surface area contributed by atoms with Crippen LogP contribution in [0.5, 0.6) is 11.8 Å². The lowest BCUT2D eigenvalue weighted by Gasteiger charge is -2.41. The van der Waals surface area contributed by atoms with Crippen LogP contribution in [0.15, 0.2) is 23.8 Å². The predicted octanol–water partition coefficient (Wildman–Crippen LogP) is 5.98. The Hall–Kier alpha value is -4.83. The standard InChI is InChI=1S/C36H32ClF3N8O3S/c1-18(11-41)9-24(49)47-14-19(15-47)13-46-7-8-50-31-27-30(44-35(45-34(27)46)51-17-36-5-2-6-48(36)16-20(38)10-36)29(40)26(28(31)37)21-3-4-23(39)32-25(21)22(12-42)33(43)52-32/h3-4,9,19-20H,2,5-8,10,13-17,43H2,1H3/b18-9-/t20-,36+/m1/s1. The van der Waals surface area contributed by atoms with Crippen molar-refractivity contribution in [3.8, 4) is 35.0 Å². The van der Waals surface area contributed by atoms with E-state index in [0.29, 0.717) is 50.5 Å². The van der Waals surface area contributed by atoms with Crippen LogP contribution >= 0.6 is 22.9 Å². The summed E-state index contributed by atoms with van der Waals surface area (Å²) in [5, 5.41) is 19.3. The lowest BCUT2D eigenvalue weighted by molar-refractivity contribution is -0.131. The Balaban J connectivity index is 1.24. The number of hydrogen-bond acceptors (Lipinski definition) is 11. The van der Waals surface area contributed by atoms with Gasteiger partial charge in [0.1, 0.15) is 47.6 Å². The number of halogens is 4. The van der Waals surface area contributed by atoms with Crippen LogP contribution in [0, 0.1) is 40.2 Å². The number of amides is 1. The van der Waals surface area contributed by atoms with E-state index in [1.807, 2.05) is 17.0 Å². The van der Waals surface area contributed by atoms with Gasteiger partial charge < -0.3 is 25.0 Å². The van der Waals surface area contributed by atoms with E-state index in [2.05, 4.69) is 9.88 Å². The zero-order chi connectivity index (χ0) is 36.5. The minimum Gasteiger partial charge on any atom is -0.489 e. The summed E-state index contributed by atoms with van der Waals surface area (Å²) in [6, 6.07) is 6.39. The maximum Gasteiger partial charge on any atom is 0.319 e. The molecule has 1 amide bonds. The number of benzene rings is 2. The summed E-state index contributed by atoms with van der Waals surface area (Å²) in [5.74, 6) is -1.24. The number of nitriles is 2. The summed E-state index contributed by atoms with van der Waals surface area (Å²) in [6.45, 7) is 4.54. The van der Waals surface area contributed by atoms with Crippen molar-refractivity contribution >= 4 is 60.7 Å². The van der Waals surface area contributed by atoms with E-state index in [4.69, 9.17) is 37.1 Å². The summed E-state index contributed by atoms with van der Waals surface area (Å²) in [6.07, 6.45) is 2.30. The van der Waals surface area contributed by atoms with Gasteiger partial charge in [0.2, 0.25) is 5.91 Å². The number of alkyl halides is 1. The number of fused-ring (bicyclic) bond motifs is 2. The van der Waals surface area contributed by atoms with Gasteiger partial charge in [-0.2, -0.15) is 20.5 Å². The highest BCUT2D eigenvalue weighted by molar-refractivity contribution is 7.23. The summed E-state index contributed by atoms with van der Waals surface area (Å²) in [4.78, 5) is 27.6. The molecule has 11 nitrogen and oxygen atoms in total. The Bertz CT molecular complexity index is 2280. The Morgan fingerprint density at radius 2 is 2.04 bits per heavy atom. The van der Waals surface area contributed by atoms with E-state index in [9.17, 15) is 14.4 Å². The molecule has 0 bridgehead atoms. The molecule has 4 aliphatic heterocycles. The molecule has 3 fully saturated rings. The fraction of sp³-hybridized carbons (Fsp3) is 0.417. The molecule has 6 heterocycles. The fourth-order valence-corrected chi connectivity index (χ4v) is 9.37. The molecular weight excluding hydrogens is 717 g/mol. The molecule has 268 valence electrons. The van der Waals surface area contributed by atoms with Gasteiger partial charge in [-0.1, -0.05) is 17.7 Å². The zero-order valence-corrected chi connectivity index (χ0v) is 29.6. The molecule has 4 aliphatic rings. The van der Waals surface area contributed by atoms with Gasteiger partial charge in [0, 0.05) is 61.1 Å². The number of nitrogens with zero attached hydrogens (tertiary/aromatic N) is 7. The van der Waals surface area contributed by atoms with Crippen LogP contribution in [0.1, 0.15) is 31.7 Å². The fourth-order valence-electron chi connectivity index (χ4n) is 8.08. The first-order valence-electron chi connectivity index (χ1n) is 16.9. The highest BCUT2D eigenvalue weighted by atomic mass is 35.5. The number of allylic oxidation sites excluding steroid dienone is 1. The first kappa shape index (κ1) is 34.3. The Kier molecular flexibility index (Phi) is 8.56. The van der Waals surface area contributed by atoms with Crippen molar-refractivity contribution in [2.45, 2.75) is 37.9 Å². The van der Waals surface area contributed by atoms with E-state index < -0.39 is 23.3 Å². The van der Waals surface area contributed by atoms with Gasteiger partial charge in [0.25, 0.3) is 0 Å². The highest BCUT2D eigenvalue weighted by Gasteiger charge is 2.49. The molecule has 0 unspecified atom stereocenters. The average molecular weight is 749 g/mol. The van der Waals surface area contributed by atoms with Crippen molar-refractivity contribution in [3.63, 3.8) is 0 Å². The van der Waals surface area contributed by atoms with Gasteiger partial charge in [0.05, 0.1) is 38.8 Å². The summed E-state index contributed by atoms with van der Waals surface area (Å²) >= 11 is 7.91. The number of anilines is 2. The molecule has 2 N–H and O–H groups in total. The SMILES string of the molecule is C/C(C#N)=C/C(=O)N1CC(CN2CCOc3c(Cl)c(-c4ccc(F)c5sc(N)c(C#N)c45)c(F)c4nc(OC[C@@]56CCCN5C[C@H](F)C6)nc2c34)C1. The van der Waals surface area contributed by atoms with Gasteiger partial charge >= 0.3 is 6.01 Å². The van der Waals surface area contributed by atoms with Crippen LogP contribution in [0.2, 0.25) is 5.02 Å². The van der Waals surface area contributed by atoms with E-state index in [0.717, 1.165) is 30.7 Å². The molecule has 2 aromatic carbocycles. The van der Waals surface area contributed by atoms with Gasteiger partial charge in [-0.3, -0.25) is 9.69 Å². The Labute approximate surface area is 305 Å². The lowest BCUT2D eigenvalue weighted by atomic mass is 9.95. The number of carbonyl (C=O) groups is 1. The van der Waals surface area contributed by atoms with Crippen LogP contribution in [-0.2, 0) is 4.79 Å². The molecule has 3 saturated heterocycles. The molecule has 2 aromatic heterocycles. The lowest BCUT2D eigenvalue weighted by Crippen LogP contribution is -2.54. The molecule has 0 spiro atoms. The summed E-state index contributed by atoms with van der Waals surface area (Å²) in [5.41, 5.74) is 5.75. The van der Waals surface area contributed by atoms with Crippen molar-refractivity contribution in [3.05, 3.63) is 46.0 Å². The van der Waals surface area contributed by atoms with Crippen molar-refractivity contribution in [2.24, 2.45) is 5.92 Å². The molecule has 0 radical (unpaired) electrons. The van der Waals surface area contributed by atoms with Crippen molar-refractivity contribution in [1.29, 1.82) is 10.5 Å². The predicted molar refractivity (Wildman–Crippen MR) is 190 cm³/mol. The number of carbonyl (C=O) groups excluding carboxylic acids is 1. The van der Waals surface area contributed by atoms with Gasteiger partial charge in [-0.15, -0.1) is 11.3 Å². The number of likely N-dealkylation sites (tertiary alicyclic amines) is 1. The Morgan fingerprint density at radius 1 is 1.23 bits per heavy atom. The third-order valence-electron chi connectivity index (χ3n) is 10.5. The summed E-state index contributed by atoms with van der Waals surface area (Å²) in [7, 11) is 0. The first-order valence-corrected chi connectivity index (χ1v) is 18.1. The second kappa shape index (κ2) is 13.0. The molecule has 52 heavy (non-hydrogen) atoms. The van der Waals surface area contributed by atoms with Crippen LogP contribution in [0.3, 0.4) is 0 Å². The number of nitrogen functional groups attached to an aromatic ring is 1. The zero-order valence-electron chi connectivity index (χ0n) is 28.0. The second-order valence-electron chi connectivity index (χ2n) is 13.8. The molecule has 8 rings (SSSR count). The minimum atomic E-state index is -0.978. The molecule has 4 aromatic rings. The van der Waals surface area contributed by atoms with E-state index in [1.54, 1.807) is 11.8 Å². The number of rotatable bonds is 7. The maximum atomic E-state index is 17.2. The van der Waals surface area contributed by atoms with Gasteiger partial charge in [-0.05, 0) is 37.9 Å². The van der Waals surface area contributed by atoms with Crippen LogP contribution in [0.4, 0.5) is 24.0 Å². The number of hydrogen-bond donors (Lipinski definition) is 1. The van der Waals surface area contributed by atoms with E-state index in [1.165, 1.54) is 18.2 Å². The molecule has 16 heteroatoms. The highest BCUT2D eigenvalue weighted by Crippen LogP contribution is 2.51. The Morgan fingerprint density at radius 3 is 2.81 bits per heavy atom. The number of ether oxygens (including phenoxy) is 2. The smallest absolute Gasteiger partial charge is 0.319 e. The second-order valence-corrected chi connectivity index (χ2v) is 15.3. The number of thiophene rings is 1. The molecule has 2 atom stereocenters. The number of nitrogens with two attached hydrogens (primary N) is 1. The first-order chi connectivity index (χ1) is 25.0. The summed E-state index contributed by atoms with van der Waals surface area (Å²) < 4.78 is 59.4. The van der Waals surface area contributed by atoms with Gasteiger partial charge in [-0.25, -0.2) is 13.2 Å². The quantitative estimate of drug-likeness (QED) is 0.177. The van der Waals surface area contributed by atoms with Crippen LogP contribution in [-0.4, -0.2) is 89.9 Å². The third kappa shape index (κ3) is 5.54. The largest absolute Gasteiger partial charge is 0.489 e. The maximum absolute atomic E-state index is 17.2. The number of aromatic nitrogens is 2. The van der Waals surface area contributed by atoms with Crippen molar-refractivity contribution < 1.29 is 27.4 Å². The van der Waals surface area contributed by atoms with Crippen molar-refractivity contribution in [2.75, 3.05) is 63.1 Å². The van der Waals surface area contributed by atoms with E-state index >= 15 is 8.78 Å². The monoisotopic (exact) mass is 748 g/mol. The average Bonchev–Trinajstić information content (AvgIpc) is 3.70. The molecular formula is C36H32ClF3N8O3S. The third-order valence-corrected chi connectivity index (χ3v) is 11.9. The normalized spacial score (nSPS) is 21.8. The topological polar surface area (TPSA) is 145 Å².